The highest BCUT2D eigenvalue weighted by molar-refractivity contribution is 6.31. The van der Waals surface area contributed by atoms with Crippen LogP contribution in [0.2, 0.25) is 5.02 Å². The van der Waals surface area contributed by atoms with E-state index in [1.807, 2.05) is 12.1 Å². The van der Waals surface area contributed by atoms with Crippen LogP contribution in [0.25, 0.3) is 10.9 Å². The standard InChI is InChI=1S/C31H33ClF2N6O5/c1-19(28-36-25-17-20(32)5-11-24(25)29(41)40(28)38-15-13-37(2)14-16-38)39(26-12-10-23(43-3)18-27(26)44-4)31(42)35-21-6-8-22(9-7-21)45-30(33)34/h5-12,17-19,30H,13-16H2,1-4H3,(H,35,42). The number of benzene rings is 3. The largest absolute Gasteiger partial charge is 0.497 e. The van der Waals surface area contributed by atoms with Crippen LogP contribution in [0, 0.1) is 0 Å². The van der Waals surface area contributed by atoms with Gasteiger partial charge in [0.15, 0.2) is 5.82 Å². The number of nitrogens with one attached hydrogen (secondary N) is 1. The number of hydrogen-bond acceptors (Lipinski definition) is 8. The summed E-state index contributed by atoms with van der Waals surface area (Å²) >= 11 is 6.30. The number of nitrogens with zero attached hydrogens (tertiary/aromatic N) is 5. The molecule has 0 radical (unpaired) electrons. The number of aromatic nitrogens is 2. The molecule has 1 aromatic heterocycles. The number of alkyl halides is 2. The second kappa shape index (κ2) is 13.6. The van der Waals surface area contributed by atoms with E-state index in [4.69, 9.17) is 26.1 Å². The van der Waals surface area contributed by atoms with Crippen LogP contribution in [0.3, 0.4) is 0 Å². The minimum Gasteiger partial charge on any atom is -0.497 e. The summed E-state index contributed by atoms with van der Waals surface area (Å²) in [7, 11) is 5.00. The molecule has 1 atom stereocenters. The zero-order valence-electron chi connectivity index (χ0n) is 25.2. The smallest absolute Gasteiger partial charge is 0.387 e. The molecule has 0 saturated carbocycles. The highest BCUT2D eigenvalue weighted by Crippen LogP contribution is 2.37. The molecule has 2 heterocycles. The van der Waals surface area contributed by atoms with Gasteiger partial charge in [0, 0.05) is 43.0 Å². The van der Waals surface area contributed by atoms with Crippen molar-refractivity contribution in [3.8, 4) is 17.2 Å². The highest BCUT2D eigenvalue weighted by Gasteiger charge is 2.32. The van der Waals surface area contributed by atoms with Crippen molar-refractivity contribution in [3.63, 3.8) is 0 Å². The Morgan fingerprint density at radius 3 is 2.31 bits per heavy atom. The van der Waals surface area contributed by atoms with Crippen molar-refractivity contribution in [3.05, 3.63) is 81.9 Å². The van der Waals surface area contributed by atoms with E-state index in [0.717, 1.165) is 13.1 Å². The van der Waals surface area contributed by atoms with Gasteiger partial charge in [0.1, 0.15) is 17.2 Å². The molecule has 14 heteroatoms. The van der Waals surface area contributed by atoms with Gasteiger partial charge in [-0.25, -0.2) is 14.5 Å². The molecule has 0 aliphatic carbocycles. The second-order valence-corrected chi connectivity index (χ2v) is 10.9. The summed E-state index contributed by atoms with van der Waals surface area (Å²) in [6.07, 6.45) is 0. The Labute approximate surface area is 263 Å². The van der Waals surface area contributed by atoms with Gasteiger partial charge in [-0.05, 0) is 68.6 Å². The Morgan fingerprint density at radius 2 is 1.67 bits per heavy atom. The van der Waals surface area contributed by atoms with Crippen molar-refractivity contribution < 1.29 is 27.8 Å². The third kappa shape index (κ3) is 6.89. The number of methoxy groups -OCH3 is 2. The number of rotatable bonds is 9. The Kier molecular flexibility index (Phi) is 9.59. The van der Waals surface area contributed by atoms with Crippen LogP contribution in [-0.2, 0) is 0 Å². The van der Waals surface area contributed by atoms with Gasteiger partial charge in [-0.1, -0.05) is 11.6 Å². The number of likely N-dealkylation sites (N-methyl/N-ethyl adjacent to an activating group) is 1. The lowest BCUT2D eigenvalue weighted by Gasteiger charge is -2.38. The first-order chi connectivity index (χ1) is 21.6. The maximum absolute atomic E-state index is 14.2. The van der Waals surface area contributed by atoms with E-state index in [0.29, 0.717) is 57.7 Å². The predicted octanol–water partition coefficient (Wildman–Crippen LogP) is 5.35. The van der Waals surface area contributed by atoms with E-state index >= 15 is 0 Å². The van der Waals surface area contributed by atoms with E-state index in [9.17, 15) is 18.4 Å². The summed E-state index contributed by atoms with van der Waals surface area (Å²) in [5, 5.41) is 5.55. The summed E-state index contributed by atoms with van der Waals surface area (Å²) in [5.41, 5.74) is 0.781. The molecule has 0 spiro atoms. The van der Waals surface area contributed by atoms with Crippen LogP contribution in [-0.4, -0.2) is 74.6 Å². The number of fused-ring (bicyclic) bond motifs is 1. The monoisotopic (exact) mass is 642 g/mol. The fraction of sp³-hybridized carbons (Fsp3) is 0.323. The number of ether oxygens (including phenoxy) is 3. The molecule has 11 nitrogen and oxygen atoms in total. The van der Waals surface area contributed by atoms with Gasteiger partial charge in [-0.3, -0.25) is 9.69 Å². The zero-order chi connectivity index (χ0) is 32.2. The number of halogens is 3. The molecule has 1 fully saturated rings. The fourth-order valence-corrected chi connectivity index (χ4v) is 5.37. The topological polar surface area (TPSA) is 101 Å². The lowest BCUT2D eigenvalue weighted by Crippen LogP contribution is -2.55. The summed E-state index contributed by atoms with van der Waals surface area (Å²) in [6, 6.07) is 14.0. The summed E-state index contributed by atoms with van der Waals surface area (Å²) in [5.74, 6) is 1.08. The maximum Gasteiger partial charge on any atom is 0.387 e. The third-order valence-electron chi connectivity index (χ3n) is 7.55. The van der Waals surface area contributed by atoms with Gasteiger partial charge in [0.2, 0.25) is 0 Å². The number of amides is 2. The number of anilines is 2. The Bertz CT molecular complexity index is 1730. The van der Waals surface area contributed by atoms with Gasteiger partial charge in [-0.2, -0.15) is 8.78 Å². The number of carbonyl (C=O) groups excluding carboxylic acids is 1. The molecule has 3 aromatic carbocycles. The van der Waals surface area contributed by atoms with Crippen LogP contribution in [0.5, 0.6) is 17.2 Å². The third-order valence-corrected chi connectivity index (χ3v) is 7.79. The molecule has 1 aliphatic rings. The minimum atomic E-state index is -2.98. The first-order valence-electron chi connectivity index (χ1n) is 14.1. The van der Waals surface area contributed by atoms with Crippen LogP contribution in [0.1, 0.15) is 18.8 Å². The van der Waals surface area contributed by atoms with E-state index in [1.54, 1.807) is 48.0 Å². The number of piperazine rings is 1. The number of carbonyl (C=O) groups is 1. The van der Waals surface area contributed by atoms with Crippen molar-refractivity contribution in [1.29, 1.82) is 0 Å². The summed E-state index contributed by atoms with van der Waals surface area (Å²) in [4.78, 5) is 36.7. The molecule has 238 valence electrons. The van der Waals surface area contributed by atoms with Gasteiger partial charge in [0.25, 0.3) is 5.56 Å². The first-order valence-corrected chi connectivity index (χ1v) is 14.5. The number of urea groups is 1. The maximum atomic E-state index is 14.2. The molecule has 4 aromatic rings. The molecule has 5 rings (SSSR count). The van der Waals surface area contributed by atoms with Gasteiger partial charge in [0.05, 0.1) is 36.9 Å². The van der Waals surface area contributed by atoms with Crippen molar-refractivity contribution >= 4 is 39.9 Å². The van der Waals surface area contributed by atoms with Gasteiger partial charge >= 0.3 is 12.6 Å². The van der Waals surface area contributed by atoms with Crippen LogP contribution < -0.4 is 35.0 Å². The van der Waals surface area contributed by atoms with E-state index < -0.39 is 18.7 Å². The molecular weight excluding hydrogens is 610 g/mol. The highest BCUT2D eigenvalue weighted by atomic mass is 35.5. The lowest BCUT2D eigenvalue weighted by molar-refractivity contribution is -0.0498. The van der Waals surface area contributed by atoms with Crippen molar-refractivity contribution in [1.82, 2.24) is 14.6 Å². The quantitative estimate of drug-likeness (QED) is 0.261. The Hall–Kier alpha value is -4.62. The molecule has 1 N–H and O–H groups in total. The van der Waals surface area contributed by atoms with E-state index in [-0.39, 0.29) is 11.3 Å². The summed E-state index contributed by atoms with van der Waals surface area (Å²) in [6.45, 7) is 1.34. The second-order valence-electron chi connectivity index (χ2n) is 10.4. The molecule has 1 aliphatic heterocycles. The van der Waals surface area contributed by atoms with Crippen LogP contribution in [0.15, 0.2) is 65.5 Å². The summed E-state index contributed by atoms with van der Waals surface area (Å²) < 4.78 is 42.3. The Morgan fingerprint density at radius 1 is 0.978 bits per heavy atom. The molecule has 1 unspecified atom stereocenters. The van der Waals surface area contributed by atoms with E-state index in [2.05, 4.69) is 15.0 Å². The first kappa shape index (κ1) is 31.8. The molecule has 0 bridgehead atoms. The zero-order valence-corrected chi connectivity index (χ0v) is 25.9. The van der Waals surface area contributed by atoms with Gasteiger partial charge < -0.3 is 29.4 Å². The van der Waals surface area contributed by atoms with Crippen molar-refractivity contribution in [2.45, 2.75) is 19.6 Å². The average Bonchev–Trinajstić information content (AvgIpc) is 3.02. The van der Waals surface area contributed by atoms with Crippen molar-refractivity contribution in [2.75, 3.05) is 62.7 Å². The van der Waals surface area contributed by atoms with Crippen LogP contribution >= 0.6 is 11.6 Å². The van der Waals surface area contributed by atoms with Crippen molar-refractivity contribution in [2.24, 2.45) is 0 Å². The minimum absolute atomic E-state index is 0.0553. The number of hydrogen-bond donors (Lipinski definition) is 1. The van der Waals surface area contributed by atoms with E-state index in [1.165, 1.54) is 43.4 Å². The molecular formula is C31H33ClF2N6O5. The normalized spacial score (nSPS) is 14.4. The fourth-order valence-electron chi connectivity index (χ4n) is 5.20. The van der Waals surface area contributed by atoms with Gasteiger partial charge in [-0.15, -0.1) is 0 Å². The average molecular weight is 643 g/mol. The molecule has 2 amide bonds. The Balaban J connectivity index is 1.64. The predicted molar refractivity (Wildman–Crippen MR) is 169 cm³/mol. The van der Waals surface area contributed by atoms with Crippen LogP contribution in [0.4, 0.5) is 25.0 Å². The molecule has 1 saturated heterocycles. The lowest BCUT2D eigenvalue weighted by atomic mass is 10.1. The SMILES string of the molecule is COc1ccc(N(C(=O)Nc2ccc(OC(F)F)cc2)C(C)c2nc3cc(Cl)ccc3c(=O)n2N2CCN(C)CC2)c(OC)c1. The molecule has 45 heavy (non-hydrogen) atoms.